The van der Waals surface area contributed by atoms with Gasteiger partial charge in [-0.05, 0) is 97.4 Å². The number of ether oxygens (including phenoxy) is 1. The van der Waals surface area contributed by atoms with Crippen LogP contribution in [-0.4, -0.2) is 12.1 Å². The van der Waals surface area contributed by atoms with Crippen molar-refractivity contribution in [1.29, 1.82) is 0 Å². The highest BCUT2D eigenvalue weighted by atomic mass is 127. The molecule has 0 aliphatic carbocycles. The van der Waals surface area contributed by atoms with E-state index in [2.05, 4.69) is 73.9 Å². The second-order valence-electron chi connectivity index (χ2n) is 7.52. The third kappa shape index (κ3) is 6.31. The monoisotopic (exact) mass is 700 g/mol. The Morgan fingerprint density at radius 2 is 1.63 bits per heavy atom. The Morgan fingerprint density at radius 3 is 2.37 bits per heavy atom. The van der Waals surface area contributed by atoms with Crippen molar-refractivity contribution < 1.29 is 22.7 Å². The highest BCUT2D eigenvalue weighted by molar-refractivity contribution is 14.1. The number of benzene rings is 4. The van der Waals surface area contributed by atoms with Gasteiger partial charge in [-0.25, -0.2) is 5.43 Å². The molecule has 9 heteroatoms. The normalized spacial score (nSPS) is 11.7. The van der Waals surface area contributed by atoms with Gasteiger partial charge < -0.3 is 4.74 Å². The van der Waals surface area contributed by atoms with E-state index in [1.807, 2.05) is 36.4 Å². The Balaban J connectivity index is 1.43. The van der Waals surface area contributed by atoms with E-state index in [1.165, 1.54) is 18.3 Å². The summed E-state index contributed by atoms with van der Waals surface area (Å²) in [5, 5.41) is 6.19. The molecule has 0 heterocycles. The van der Waals surface area contributed by atoms with E-state index in [0.717, 1.165) is 41.4 Å². The Bertz CT molecular complexity index is 1390. The molecule has 0 aliphatic rings. The van der Waals surface area contributed by atoms with Crippen LogP contribution in [0.2, 0.25) is 0 Å². The lowest BCUT2D eigenvalue weighted by atomic mass is 10.1. The predicted octanol–water partition coefficient (Wildman–Crippen LogP) is 7.41. The number of nitrogens with one attached hydrogen (secondary N) is 1. The van der Waals surface area contributed by atoms with Crippen LogP contribution in [0.25, 0.3) is 10.8 Å². The number of carbonyl (C=O) groups excluding carboxylic acids is 1. The lowest BCUT2D eigenvalue weighted by Gasteiger charge is -2.13. The van der Waals surface area contributed by atoms with Crippen LogP contribution < -0.4 is 10.2 Å². The highest BCUT2D eigenvalue weighted by Gasteiger charge is 2.30. The van der Waals surface area contributed by atoms with Gasteiger partial charge in [0.15, 0.2) is 0 Å². The van der Waals surface area contributed by atoms with Crippen molar-refractivity contribution in [2.24, 2.45) is 5.10 Å². The maximum absolute atomic E-state index is 12.9. The van der Waals surface area contributed by atoms with Crippen LogP contribution in [0.3, 0.4) is 0 Å². The number of nitrogens with zero attached hydrogens (tertiary/aromatic N) is 1. The molecule has 4 nitrogen and oxygen atoms in total. The standard InChI is InChI=1S/C26H17F3I2N2O2/c27-26(28,29)20-9-4-7-18(13-20)25(34)33-32-14-16-11-22(30)24(23(31)12-16)35-15-19-8-3-6-17-5-1-2-10-21(17)19/h1-14H,15H2,(H,33,34)/b32-14-. The number of rotatable bonds is 6. The molecule has 0 radical (unpaired) electrons. The van der Waals surface area contributed by atoms with Crippen molar-refractivity contribution in [3.63, 3.8) is 0 Å². The molecule has 0 bridgehead atoms. The summed E-state index contributed by atoms with van der Waals surface area (Å²) in [6, 6.07) is 22.1. The number of hydrogen-bond acceptors (Lipinski definition) is 3. The first kappa shape index (κ1) is 25.4. The van der Waals surface area contributed by atoms with Gasteiger partial charge in [0.05, 0.1) is 18.9 Å². The number of amides is 1. The van der Waals surface area contributed by atoms with Gasteiger partial charge in [0, 0.05) is 5.56 Å². The van der Waals surface area contributed by atoms with E-state index in [0.29, 0.717) is 12.2 Å². The van der Waals surface area contributed by atoms with Gasteiger partial charge >= 0.3 is 6.18 Å². The summed E-state index contributed by atoms with van der Waals surface area (Å²) in [6.07, 6.45) is -3.09. The fourth-order valence-electron chi connectivity index (χ4n) is 3.43. The summed E-state index contributed by atoms with van der Waals surface area (Å²) in [4.78, 5) is 12.2. The van der Waals surface area contributed by atoms with E-state index >= 15 is 0 Å². The third-order valence-electron chi connectivity index (χ3n) is 5.10. The van der Waals surface area contributed by atoms with Crippen LogP contribution in [0.15, 0.2) is 84.0 Å². The molecule has 4 rings (SSSR count). The molecule has 35 heavy (non-hydrogen) atoms. The second-order valence-corrected chi connectivity index (χ2v) is 9.84. The molecule has 0 saturated heterocycles. The lowest BCUT2D eigenvalue weighted by Crippen LogP contribution is -2.18. The fourth-order valence-corrected chi connectivity index (χ4v) is 5.55. The Labute approximate surface area is 226 Å². The molecule has 4 aromatic carbocycles. The maximum atomic E-state index is 12.9. The van der Waals surface area contributed by atoms with Gasteiger partial charge in [0.2, 0.25) is 0 Å². The summed E-state index contributed by atoms with van der Waals surface area (Å²) in [7, 11) is 0. The molecular formula is C26H17F3I2N2O2. The zero-order valence-electron chi connectivity index (χ0n) is 17.9. The molecule has 1 N–H and O–H groups in total. The van der Waals surface area contributed by atoms with E-state index in [9.17, 15) is 18.0 Å². The average molecular weight is 700 g/mol. The number of carbonyl (C=O) groups is 1. The molecule has 1 amide bonds. The fraction of sp³-hybridized carbons (Fsp3) is 0.0769. The van der Waals surface area contributed by atoms with Crippen molar-refractivity contribution in [2.75, 3.05) is 0 Å². The quantitative estimate of drug-likeness (QED) is 0.130. The molecule has 178 valence electrons. The van der Waals surface area contributed by atoms with Crippen LogP contribution in [0.4, 0.5) is 13.2 Å². The van der Waals surface area contributed by atoms with E-state index < -0.39 is 17.6 Å². The molecule has 0 atom stereocenters. The lowest BCUT2D eigenvalue weighted by molar-refractivity contribution is -0.137. The minimum Gasteiger partial charge on any atom is -0.487 e. The van der Waals surface area contributed by atoms with Crippen LogP contribution in [0.5, 0.6) is 5.75 Å². The average Bonchev–Trinajstić information content (AvgIpc) is 2.83. The van der Waals surface area contributed by atoms with Crippen molar-refractivity contribution in [3.8, 4) is 5.75 Å². The van der Waals surface area contributed by atoms with Crippen molar-refractivity contribution in [1.82, 2.24) is 5.43 Å². The first-order chi connectivity index (χ1) is 16.7. The Morgan fingerprint density at radius 1 is 0.943 bits per heavy atom. The Kier molecular flexibility index (Phi) is 7.95. The summed E-state index contributed by atoms with van der Waals surface area (Å²) >= 11 is 4.34. The molecular weight excluding hydrogens is 683 g/mol. The molecule has 0 fully saturated rings. The maximum Gasteiger partial charge on any atom is 0.416 e. The minimum absolute atomic E-state index is 0.127. The van der Waals surface area contributed by atoms with Crippen LogP contribution in [0, 0.1) is 7.14 Å². The second kappa shape index (κ2) is 10.9. The van der Waals surface area contributed by atoms with E-state index in [4.69, 9.17) is 4.74 Å². The topological polar surface area (TPSA) is 50.7 Å². The largest absolute Gasteiger partial charge is 0.487 e. The number of halogens is 5. The smallest absolute Gasteiger partial charge is 0.416 e. The van der Waals surface area contributed by atoms with Crippen molar-refractivity contribution in [3.05, 3.63) is 108 Å². The summed E-state index contributed by atoms with van der Waals surface area (Å²) in [5.41, 5.74) is 3.04. The molecule has 0 unspecified atom stereocenters. The Hall–Kier alpha value is -2.67. The van der Waals surface area contributed by atoms with Crippen molar-refractivity contribution in [2.45, 2.75) is 12.8 Å². The third-order valence-corrected chi connectivity index (χ3v) is 6.71. The first-order valence-corrected chi connectivity index (χ1v) is 12.5. The van der Waals surface area contributed by atoms with Crippen LogP contribution >= 0.6 is 45.2 Å². The molecule has 0 saturated carbocycles. The van der Waals surface area contributed by atoms with Gasteiger partial charge in [-0.15, -0.1) is 0 Å². The van der Waals surface area contributed by atoms with Crippen molar-refractivity contribution >= 4 is 68.1 Å². The van der Waals surface area contributed by atoms with Gasteiger partial charge in [-0.2, -0.15) is 18.3 Å². The zero-order valence-corrected chi connectivity index (χ0v) is 22.3. The van der Waals surface area contributed by atoms with Crippen LogP contribution in [-0.2, 0) is 12.8 Å². The van der Waals surface area contributed by atoms with Gasteiger partial charge in [0.1, 0.15) is 12.4 Å². The van der Waals surface area contributed by atoms with E-state index in [1.54, 1.807) is 0 Å². The first-order valence-electron chi connectivity index (χ1n) is 10.3. The molecule has 0 aliphatic heterocycles. The number of fused-ring (bicyclic) bond motifs is 1. The number of hydrazone groups is 1. The predicted molar refractivity (Wildman–Crippen MR) is 147 cm³/mol. The van der Waals surface area contributed by atoms with Gasteiger partial charge in [-0.1, -0.05) is 48.5 Å². The summed E-state index contributed by atoms with van der Waals surface area (Å²) in [5.74, 6) is 0.0103. The van der Waals surface area contributed by atoms with E-state index in [-0.39, 0.29) is 5.56 Å². The SMILES string of the molecule is O=C(N/N=C\c1cc(I)c(OCc2cccc3ccccc23)c(I)c1)c1cccc(C(F)(F)F)c1. The molecule has 4 aromatic rings. The number of hydrogen-bond donors (Lipinski definition) is 1. The van der Waals surface area contributed by atoms with Gasteiger partial charge in [-0.3, -0.25) is 4.79 Å². The number of alkyl halides is 3. The van der Waals surface area contributed by atoms with Crippen LogP contribution in [0.1, 0.15) is 27.0 Å². The highest BCUT2D eigenvalue weighted by Crippen LogP contribution is 2.31. The zero-order chi connectivity index (χ0) is 25.0. The molecule has 0 aromatic heterocycles. The minimum atomic E-state index is -4.52. The summed E-state index contributed by atoms with van der Waals surface area (Å²) in [6.45, 7) is 0.411. The van der Waals surface area contributed by atoms with Gasteiger partial charge in [0.25, 0.3) is 5.91 Å². The summed E-state index contributed by atoms with van der Waals surface area (Å²) < 4.78 is 46.4. The molecule has 0 spiro atoms.